The molecule has 4 rings (SSSR count). The van der Waals surface area contributed by atoms with E-state index >= 15 is 0 Å². The molecule has 3 heterocycles. The minimum absolute atomic E-state index is 0.0709. The predicted octanol–water partition coefficient (Wildman–Crippen LogP) is 3.40. The zero-order valence-electron chi connectivity index (χ0n) is 19.3. The monoisotopic (exact) mass is 449 g/mol. The molecule has 0 bridgehead atoms. The number of amides is 2. The van der Waals surface area contributed by atoms with Crippen LogP contribution in [0.1, 0.15) is 31.9 Å². The van der Waals surface area contributed by atoms with Gasteiger partial charge in [-0.15, -0.1) is 0 Å². The number of aromatic nitrogens is 2. The summed E-state index contributed by atoms with van der Waals surface area (Å²) in [6.07, 6.45) is 4.34. The van der Waals surface area contributed by atoms with E-state index in [-0.39, 0.29) is 24.5 Å². The Bertz CT molecular complexity index is 1120. The number of anilines is 1. The third-order valence-corrected chi connectivity index (χ3v) is 5.60. The van der Waals surface area contributed by atoms with Crippen molar-refractivity contribution in [3.8, 4) is 0 Å². The van der Waals surface area contributed by atoms with Gasteiger partial charge in [0.1, 0.15) is 12.3 Å². The molecule has 0 aliphatic carbocycles. The van der Waals surface area contributed by atoms with Gasteiger partial charge in [0, 0.05) is 35.6 Å². The lowest BCUT2D eigenvalue weighted by molar-refractivity contribution is -0.125. The Kier molecular flexibility index (Phi) is 6.53. The van der Waals surface area contributed by atoms with Gasteiger partial charge in [-0.05, 0) is 50.8 Å². The molecule has 1 aromatic carbocycles. The van der Waals surface area contributed by atoms with Crippen LogP contribution in [0.25, 0.3) is 11.0 Å². The van der Waals surface area contributed by atoms with Crippen LogP contribution in [-0.4, -0.2) is 46.7 Å². The van der Waals surface area contributed by atoms with Crippen LogP contribution in [0.2, 0.25) is 0 Å². The zero-order valence-corrected chi connectivity index (χ0v) is 19.3. The number of nitrogens with zero attached hydrogens (tertiary/aromatic N) is 1. The average Bonchev–Trinajstić information content (AvgIpc) is 3.07. The Labute approximate surface area is 193 Å². The summed E-state index contributed by atoms with van der Waals surface area (Å²) in [5, 5.41) is 10.3. The summed E-state index contributed by atoms with van der Waals surface area (Å²) in [4.78, 5) is 33.0. The van der Waals surface area contributed by atoms with Gasteiger partial charge in [0.2, 0.25) is 5.91 Å². The third kappa shape index (κ3) is 5.83. The Morgan fingerprint density at radius 2 is 2.00 bits per heavy atom. The highest BCUT2D eigenvalue weighted by molar-refractivity contribution is 5.94. The molecule has 2 amide bonds. The fourth-order valence-corrected chi connectivity index (χ4v) is 4.08. The molecule has 2 aromatic heterocycles. The number of alkyl carbamates (subject to hydrolysis) is 1. The Morgan fingerprint density at radius 1 is 1.21 bits per heavy atom. The van der Waals surface area contributed by atoms with Crippen LogP contribution in [0.3, 0.4) is 0 Å². The molecule has 0 radical (unpaired) electrons. The van der Waals surface area contributed by atoms with Gasteiger partial charge in [-0.3, -0.25) is 4.79 Å². The lowest BCUT2D eigenvalue weighted by Crippen LogP contribution is -2.47. The Hall–Kier alpha value is -3.55. The highest BCUT2D eigenvalue weighted by Gasteiger charge is 2.27. The van der Waals surface area contributed by atoms with Crippen molar-refractivity contribution in [3.63, 3.8) is 0 Å². The first-order valence-electron chi connectivity index (χ1n) is 11.3. The van der Waals surface area contributed by atoms with Gasteiger partial charge < -0.3 is 25.7 Å². The van der Waals surface area contributed by atoms with Crippen molar-refractivity contribution in [1.82, 2.24) is 20.6 Å². The van der Waals surface area contributed by atoms with Crippen molar-refractivity contribution < 1.29 is 14.3 Å². The number of nitrogens with one attached hydrogen (secondary N) is 4. The van der Waals surface area contributed by atoms with Crippen molar-refractivity contribution in [2.24, 2.45) is 5.92 Å². The quantitative estimate of drug-likeness (QED) is 0.461. The van der Waals surface area contributed by atoms with Crippen molar-refractivity contribution >= 4 is 28.7 Å². The summed E-state index contributed by atoms with van der Waals surface area (Å²) < 4.78 is 5.46. The van der Waals surface area contributed by atoms with Crippen molar-refractivity contribution in [1.29, 1.82) is 0 Å². The number of carbonyl (C=O) groups excluding carboxylic acids is 2. The van der Waals surface area contributed by atoms with Gasteiger partial charge in [0.15, 0.2) is 0 Å². The lowest BCUT2D eigenvalue weighted by Gasteiger charge is -2.24. The first kappa shape index (κ1) is 22.6. The van der Waals surface area contributed by atoms with Crippen molar-refractivity contribution in [2.45, 2.75) is 45.2 Å². The molecule has 1 aliphatic heterocycles. The van der Waals surface area contributed by atoms with E-state index in [4.69, 9.17) is 4.74 Å². The van der Waals surface area contributed by atoms with E-state index in [0.717, 1.165) is 27.8 Å². The van der Waals surface area contributed by atoms with Gasteiger partial charge in [-0.2, -0.15) is 0 Å². The highest BCUT2D eigenvalue weighted by Crippen LogP contribution is 2.30. The van der Waals surface area contributed by atoms with E-state index in [1.165, 1.54) is 0 Å². The second kappa shape index (κ2) is 9.52. The second-order valence-electron chi connectivity index (χ2n) is 9.55. The number of hydrogen-bond acceptors (Lipinski definition) is 5. The minimum atomic E-state index is -0.497. The minimum Gasteiger partial charge on any atom is -0.447 e. The smallest absolute Gasteiger partial charge is 0.407 e. The topological polar surface area (TPSA) is 108 Å². The fraction of sp³-hybridized carbons (Fsp3) is 0.400. The number of carbonyl (C=O) groups is 2. The molecule has 174 valence electrons. The van der Waals surface area contributed by atoms with E-state index in [9.17, 15) is 9.59 Å². The molecule has 8 heteroatoms. The van der Waals surface area contributed by atoms with Crippen molar-refractivity contribution in [2.75, 3.05) is 18.5 Å². The molecule has 2 atom stereocenters. The van der Waals surface area contributed by atoms with E-state index in [1.54, 1.807) is 6.20 Å². The highest BCUT2D eigenvalue weighted by atomic mass is 16.5. The number of pyridine rings is 1. The number of ether oxygens (including phenoxy) is 1. The van der Waals surface area contributed by atoms with Crippen LogP contribution in [0.4, 0.5) is 10.5 Å². The van der Waals surface area contributed by atoms with Crippen LogP contribution in [0.5, 0.6) is 0 Å². The molecular weight excluding hydrogens is 418 g/mol. The third-order valence-electron chi connectivity index (χ3n) is 5.60. The zero-order chi connectivity index (χ0) is 23.4. The maximum absolute atomic E-state index is 13.3. The van der Waals surface area contributed by atoms with Gasteiger partial charge in [-0.25, -0.2) is 9.78 Å². The van der Waals surface area contributed by atoms with Gasteiger partial charge in [0.05, 0.1) is 12.0 Å². The molecule has 1 unspecified atom stereocenters. The number of H-pyrrole nitrogens is 1. The van der Waals surface area contributed by atoms with E-state index in [2.05, 4.69) is 25.9 Å². The normalized spacial score (nSPS) is 16.4. The standard InChI is InChI=1S/C25H31N5O3/c1-25(2,3)30-24(32)33-15-19(11-16-7-5-4-6-8-16)29-23(31)18-12-17-13-28-22-21(17)20(27-14-18)9-10-26-22/h4-10,13,18-19,27H,11-12,14-15H2,1-3H3,(H,26,28)(H,29,31)(H,30,32)/t18?,19-/m0/s1. The summed E-state index contributed by atoms with van der Waals surface area (Å²) in [6.45, 7) is 6.27. The number of rotatable bonds is 6. The largest absolute Gasteiger partial charge is 0.447 e. The molecule has 0 saturated carbocycles. The molecule has 0 fully saturated rings. The van der Waals surface area contributed by atoms with Crippen LogP contribution in [0.15, 0.2) is 48.8 Å². The van der Waals surface area contributed by atoms with Crippen LogP contribution in [0, 0.1) is 5.92 Å². The summed E-state index contributed by atoms with van der Waals surface area (Å²) >= 11 is 0. The first-order chi connectivity index (χ1) is 15.8. The van der Waals surface area contributed by atoms with Gasteiger partial charge in [0.25, 0.3) is 0 Å². The molecule has 0 spiro atoms. The van der Waals surface area contributed by atoms with Gasteiger partial charge in [-0.1, -0.05) is 30.3 Å². The maximum Gasteiger partial charge on any atom is 0.407 e. The number of aromatic amines is 1. The second-order valence-corrected chi connectivity index (χ2v) is 9.55. The molecule has 0 saturated heterocycles. The fourth-order valence-electron chi connectivity index (χ4n) is 4.08. The van der Waals surface area contributed by atoms with Crippen molar-refractivity contribution in [3.05, 3.63) is 59.9 Å². The molecule has 4 N–H and O–H groups in total. The maximum atomic E-state index is 13.3. The molecule has 8 nitrogen and oxygen atoms in total. The number of hydrogen-bond donors (Lipinski definition) is 4. The van der Waals surface area contributed by atoms with Crippen LogP contribution < -0.4 is 16.0 Å². The van der Waals surface area contributed by atoms with E-state index < -0.39 is 11.6 Å². The number of benzene rings is 1. The summed E-state index contributed by atoms with van der Waals surface area (Å²) in [5.74, 6) is -0.337. The predicted molar refractivity (Wildman–Crippen MR) is 128 cm³/mol. The van der Waals surface area contributed by atoms with E-state index in [1.807, 2.05) is 63.4 Å². The summed E-state index contributed by atoms with van der Waals surface area (Å²) in [5.41, 5.74) is 3.53. The average molecular weight is 450 g/mol. The lowest BCUT2D eigenvalue weighted by atomic mass is 9.98. The Morgan fingerprint density at radius 3 is 2.76 bits per heavy atom. The molecule has 1 aliphatic rings. The SMILES string of the molecule is CC(C)(C)NC(=O)OC[C@H](Cc1ccccc1)NC(=O)C1CNc2ccnc3[nH]cc(c23)C1. The molecule has 3 aromatic rings. The first-order valence-corrected chi connectivity index (χ1v) is 11.3. The molecule has 33 heavy (non-hydrogen) atoms. The van der Waals surface area contributed by atoms with Crippen LogP contribution in [-0.2, 0) is 22.4 Å². The molecular formula is C25H31N5O3. The summed E-state index contributed by atoms with van der Waals surface area (Å²) in [7, 11) is 0. The summed E-state index contributed by atoms with van der Waals surface area (Å²) in [6, 6.07) is 11.5. The van der Waals surface area contributed by atoms with E-state index in [0.29, 0.717) is 19.4 Å². The Balaban J connectivity index is 1.44. The van der Waals surface area contributed by atoms with Gasteiger partial charge >= 0.3 is 6.09 Å². The van der Waals surface area contributed by atoms with Crippen LogP contribution >= 0.6 is 0 Å².